The highest BCUT2D eigenvalue weighted by molar-refractivity contribution is 7.81. The van der Waals surface area contributed by atoms with E-state index in [1.807, 2.05) is 0 Å². The fraction of sp³-hybridized carbons (Fsp3) is 0. The molecule has 0 aliphatic rings. The number of primary amides is 1. The Morgan fingerprint density at radius 2 is 2.08 bits per heavy atom. The van der Waals surface area contributed by atoms with Crippen molar-refractivity contribution in [3.05, 3.63) is 12.7 Å². The molecule has 1 heterocycles. The Hall–Kier alpha value is -1.61. The molecular weight excluding hydrogens is 198 g/mol. The lowest BCUT2D eigenvalue weighted by atomic mass is 10.9. The summed E-state index contributed by atoms with van der Waals surface area (Å²) >= 11 is -2.83. The maximum absolute atomic E-state index is 10.6. The summed E-state index contributed by atoms with van der Waals surface area (Å²) in [6.07, 6.45) is 2.09. The number of nitrogens with two attached hydrogens (primary N) is 1. The fourth-order valence-electron chi connectivity index (χ4n) is 0.577. The van der Waals surface area contributed by atoms with Crippen LogP contribution in [-0.2, 0) is 11.3 Å². The highest BCUT2D eigenvalue weighted by atomic mass is 32.2. The Morgan fingerprint density at radius 3 is 2.46 bits per heavy atom. The molecule has 1 rings (SSSR count). The molecule has 0 saturated carbocycles. The first-order chi connectivity index (χ1) is 6.13. The van der Waals surface area contributed by atoms with Gasteiger partial charge in [-0.05, 0) is 0 Å². The van der Waals surface area contributed by atoms with Gasteiger partial charge in [-0.2, -0.15) is 4.31 Å². The minimum atomic E-state index is -2.83. The maximum atomic E-state index is 10.6. The summed E-state index contributed by atoms with van der Waals surface area (Å²) in [6.45, 7) is 0. The minimum Gasteiger partial charge on any atom is -0.755 e. The molecule has 2 N–H and O–H groups in total. The van der Waals surface area contributed by atoms with Gasteiger partial charge in [-0.1, -0.05) is 0 Å². The quantitative estimate of drug-likeness (QED) is 0.585. The fourth-order valence-corrected chi connectivity index (χ4v) is 0.951. The zero-order chi connectivity index (χ0) is 9.84. The van der Waals surface area contributed by atoms with Gasteiger partial charge >= 0.3 is 6.03 Å². The summed E-state index contributed by atoms with van der Waals surface area (Å²) in [6, 6.07) is -1.18. The third kappa shape index (κ3) is 2.16. The summed E-state index contributed by atoms with van der Waals surface area (Å²) in [4.78, 5) is 20.9. The number of urea groups is 1. The summed E-state index contributed by atoms with van der Waals surface area (Å²) in [5.41, 5.74) is 4.76. The van der Waals surface area contributed by atoms with Crippen LogP contribution in [-0.4, -0.2) is 29.7 Å². The zero-order valence-electron chi connectivity index (χ0n) is 6.15. The Bertz CT molecular complexity index is 316. The molecule has 0 aromatic carbocycles. The second kappa shape index (κ2) is 3.87. The van der Waals surface area contributed by atoms with Crippen molar-refractivity contribution in [2.45, 2.75) is 0 Å². The van der Waals surface area contributed by atoms with Crippen molar-refractivity contribution in [2.75, 3.05) is 4.31 Å². The van der Waals surface area contributed by atoms with Crippen molar-refractivity contribution in [1.82, 2.24) is 15.0 Å². The van der Waals surface area contributed by atoms with Crippen molar-refractivity contribution >= 4 is 23.2 Å². The van der Waals surface area contributed by atoms with Gasteiger partial charge in [0.2, 0.25) is 5.95 Å². The molecule has 9 heteroatoms. The van der Waals surface area contributed by atoms with Crippen molar-refractivity contribution in [3.8, 4) is 0 Å². The van der Waals surface area contributed by atoms with Gasteiger partial charge in [-0.3, -0.25) is 4.21 Å². The van der Waals surface area contributed by atoms with E-state index >= 15 is 0 Å². The van der Waals surface area contributed by atoms with E-state index in [0.29, 0.717) is 0 Å². The number of rotatable bonds is 2. The average Bonchev–Trinajstić information content (AvgIpc) is 2.04. The summed E-state index contributed by atoms with van der Waals surface area (Å²) in [5, 5.41) is 0. The molecule has 1 unspecified atom stereocenters. The summed E-state index contributed by atoms with van der Waals surface area (Å²) in [5.74, 6) is -0.337. The van der Waals surface area contributed by atoms with Crippen molar-refractivity contribution in [1.29, 1.82) is 0 Å². The van der Waals surface area contributed by atoms with Crippen LogP contribution in [0.25, 0.3) is 0 Å². The van der Waals surface area contributed by atoms with Crippen LogP contribution < -0.4 is 10.0 Å². The van der Waals surface area contributed by atoms with Crippen LogP contribution in [0.4, 0.5) is 10.7 Å². The van der Waals surface area contributed by atoms with Crippen LogP contribution >= 0.6 is 0 Å². The van der Waals surface area contributed by atoms with Gasteiger partial charge in [-0.25, -0.2) is 19.7 Å². The largest absolute Gasteiger partial charge is 0.755 e. The van der Waals surface area contributed by atoms with Crippen molar-refractivity contribution < 1.29 is 13.6 Å². The van der Waals surface area contributed by atoms with Crippen LogP contribution in [0.1, 0.15) is 0 Å². The third-order valence-corrected chi connectivity index (χ3v) is 1.65. The number of aromatic nitrogens is 3. The molecule has 0 spiro atoms. The van der Waals surface area contributed by atoms with E-state index in [9.17, 15) is 13.6 Å². The van der Waals surface area contributed by atoms with Gasteiger partial charge in [0.15, 0.2) is 0 Å². The molecule has 13 heavy (non-hydrogen) atoms. The first-order valence-electron chi connectivity index (χ1n) is 2.94. The molecule has 1 atom stereocenters. The SMILES string of the molecule is NC(=O)N(c1ncncn1)S(=O)[O-]. The van der Waals surface area contributed by atoms with E-state index in [-0.39, 0.29) is 10.3 Å². The van der Waals surface area contributed by atoms with Gasteiger partial charge in [0.05, 0.1) is 11.3 Å². The Kier molecular flexibility index (Phi) is 2.82. The van der Waals surface area contributed by atoms with Gasteiger partial charge < -0.3 is 10.3 Å². The van der Waals surface area contributed by atoms with E-state index in [4.69, 9.17) is 5.73 Å². The maximum Gasteiger partial charge on any atom is 0.333 e. The lowest BCUT2D eigenvalue weighted by Crippen LogP contribution is -2.38. The van der Waals surface area contributed by atoms with E-state index < -0.39 is 17.3 Å². The van der Waals surface area contributed by atoms with E-state index in [1.165, 1.54) is 0 Å². The highest BCUT2D eigenvalue weighted by Crippen LogP contribution is 2.04. The van der Waals surface area contributed by atoms with Crippen LogP contribution in [0, 0.1) is 0 Å². The Balaban J connectivity index is 3.03. The highest BCUT2D eigenvalue weighted by Gasteiger charge is 2.15. The van der Waals surface area contributed by atoms with Crippen LogP contribution in [0.2, 0.25) is 0 Å². The van der Waals surface area contributed by atoms with E-state index in [2.05, 4.69) is 15.0 Å². The van der Waals surface area contributed by atoms with Gasteiger partial charge in [0, 0.05) is 0 Å². The number of anilines is 1. The minimum absolute atomic E-state index is 0.210. The van der Waals surface area contributed by atoms with Gasteiger partial charge in [-0.15, -0.1) is 0 Å². The molecule has 70 valence electrons. The predicted octanol–water partition coefficient (Wildman–Crippen LogP) is -1.45. The zero-order valence-corrected chi connectivity index (χ0v) is 6.97. The Morgan fingerprint density at radius 1 is 1.54 bits per heavy atom. The lowest BCUT2D eigenvalue weighted by molar-refractivity contribution is 0.256. The Labute approximate surface area is 75.2 Å². The second-order valence-corrected chi connectivity index (χ2v) is 2.59. The molecule has 0 bridgehead atoms. The van der Waals surface area contributed by atoms with Gasteiger partial charge in [0.1, 0.15) is 12.7 Å². The molecule has 0 saturated heterocycles. The summed E-state index contributed by atoms with van der Waals surface area (Å²) < 4.78 is 21.1. The number of nitrogens with zero attached hydrogens (tertiary/aromatic N) is 4. The van der Waals surface area contributed by atoms with Gasteiger partial charge in [0.25, 0.3) is 0 Å². The summed E-state index contributed by atoms with van der Waals surface area (Å²) in [7, 11) is 0. The van der Waals surface area contributed by atoms with E-state index in [0.717, 1.165) is 12.7 Å². The number of hydrogen-bond acceptors (Lipinski definition) is 6. The molecule has 0 fully saturated rings. The predicted molar refractivity (Wildman–Crippen MR) is 40.8 cm³/mol. The number of hydrogen-bond donors (Lipinski definition) is 1. The normalized spacial score (nSPS) is 12.1. The average molecular weight is 202 g/mol. The van der Waals surface area contributed by atoms with Crippen LogP contribution in [0.5, 0.6) is 0 Å². The monoisotopic (exact) mass is 202 g/mol. The van der Waals surface area contributed by atoms with Crippen LogP contribution in [0.15, 0.2) is 12.7 Å². The molecule has 1 aromatic rings. The molecule has 0 radical (unpaired) electrons. The molecule has 1 aromatic heterocycles. The second-order valence-electron chi connectivity index (χ2n) is 1.79. The first kappa shape index (κ1) is 9.48. The topological polar surface area (TPSA) is 125 Å². The number of carbonyl (C=O) groups excluding carboxylic acids is 1. The number of carbonyl (C=O) groups is 1. The first-order valence-corrected chi connectivity index (χ1v) is 3.97. The van der Waals surface area contributed by atoms with E-state index in [1.54, 1.807) is 0 Å². The van der Waals surface area contributed by atoms with Crippen molar-refractivity contribution in [2.24, 2.45) is 5.73 Å². The lowest BCUT2D eigenvalue weighted by Gasteiger charge is -2.18. The molecule has 8 nitrogen and oxygen atoms in total. The molecule has 0 aliphatic heterocycles. The van der Waals surface area contributed by atoms with Crippen LogP contribution in [0.3, 0.4) is 0 Å². The number of amides is 2. The third-order valence-electron chi connectivity index (χ3n) is 1.01. The van der Waals surface area contributed by atoms with Crippen molar-refractivity contribution in [3.63, 3.8) is 0 Å². The molecule has 0 aliphatic carbocycles. The smallest absolute Gasteiger partial charge is 0.333 e. The molecule has 2 amide bonds. The standard InChI is InChI=1S/C4H5N5O3S/c5-3(10)9(13(11)12)4-7-1-6-2-8-4/h1-2H,(H2,5,10)(H,11,12)/p-1. The molecular formula is C4H4N5O3S-.